The van der Waals surface area contributed by atoms with Crippen molar-refractivity contribution in [3.05, 3.63) is 0 Å². The van der Waals surface area contributed by atoms with Gasteiger partial charge in [-0.3, -0.25) is 4.79 Å². The molecule has 7 nitrogen and oxygen atoms in total. The number of aliphatic imine (C=N–C) groups is 1. The fourth-order valence-corrected chi connectivity index (χ4v) is 3.29. The third-order valence-electron chi connectivity index (χ3n) is 5.59. The van der Waals surface area contributed by atoms with E-state index in [1.165, 1.54) is 25.7 Å². The topological polar surface area (TPSA) is 60.4 Å². The summed E-state index contributed by atoms with van der Waals surface area (Å²) in [6.45, 7) is 9.51. The van der Waals surface area contributed by atoms with Crippen molar-refractivity contribution in [2.75, 3.05) is 67.6 Å². The summed E-state index contributed by atoms with van der Waals surface area (Å²) >= 11 is 0. The Kier molecular flexibility index (Phi) is 12.1. The molecular weight excluding hydrogens is 354 g/mol. The minimum Gasteiger partial charge on any atom is -0.383 e. The van der Waals surface area contributed by atoms with Gasteiger partial charge in [0.15, 0.2) is 5.96 Å². The van der Waals surface area contributed by atoms with Crippen LogP contribution in [0.1, 0.15) is 46.0 Å². The standard InChI is InChI=1S/C21H43N5O2/c1-7-18(2)23-21(22-17-20(27)24(3)4)26-13-10-19(11-14-26)9-8-12-25(5)15-16-28-6/h18-19H,7-17H2,1-6H3,(H,22,23). The quantitative estimate of drug-likeness (QED) is 0.426. The minimum atomic E-state index is 0.0379. The van der Waals surface area contributed by atoms with E-state index in [4.69, 9.17) is 4.74 Å². The number of likely N-dealkylation sites (tertiary alicyclic amines) is 1. The van der Waals surface area contributed by atoms with Gasteiger partial charge in [-0.1, -0.05) is 6.92 Å². The van der Waals surface area contributed by atoms with E-state index in [1.54, 1.807) is 26.1 Å². The van der Waals surface area contributed by atoms with Crippen LogP contribution in [0, 0.1) is 5.92 Å². The van der Waals surface area contributed by atoms with Gasteiger partial charge in [0, 0.05) is 46.9 Å². The zero-order valence-electron chi connectivity index (χ0n) is 19.0. The number of nitrogens with zero attached hydrogens (tertiary/aromatic N) is 4. The molecule has 0 spiro atoms. The molecule has 0 bridgehead atoms. The van der Waals surface area contributed by atoms with Gasteiger partial charge in [0.05, 0.1) is 6.61 Å². The van der Waals surface area contributed by atoms with Crippen molar-refractivity contribution >= 4 is 11.9 Å². The van der Waals surface area contributed by atoms with Crippen LogP contribution in [-0.2, 0) is 9.53 Å². The third-order valence-corrected chi connectivity index (χ3v) is 5.59. The van der Waals surface area contributed by atoms with E-state index < -0.39 is 0 Å². The second-order valence-corrected chi connectivity index (χ2v) is 8.25. The first-order valence-corrected chi connectivity index (χ1v) is 10.8. The van der Waals surface area contributed by atoms with Gasteiger partial charge in [0.1, 0.15) is 6.54 Å². The second kappa shape index (κ2) is 13.8. The molecule has 1 N–H and O–H groups in total. The summed E-state index contributed by atoms with van der Waals surface area (Å²) in [6.07, 6.45) is 5.97. The molecule has 1 aliphatic rings. The van der Waals surface area contributed by atoms with E-state index in [0.717, 1.165) is 51.1 Å². The van der Waals surface area contributed by atoms with Gasteiger partial charge < -0.3 is 24.8 Å². The first kappa shape index (κ1) is 24.7. The molecule has 0 aromatic rings. The van der Waals surface area contributed by atoms with E-state index in [9.17, 15) is 4.79 Å². The van der Waals surface area contributed by atoms with E-state index >= 15 is 0 Å². The Morgan fingerprint density at radius 1 is 1.25 bits per heavy atom. The van der Waals surface area contributed by atoms with E-state index in [0.29, 0.717) is 6.04 Å². The van der Waals surface area contributed by atoms with E-state index in [-0.39, 0.29) is 12.5 Å². The highest BCUT2D eigenvalue weighted by molar-refractivity contribution is 5.85. The average Bonchev–Trinajstić information content (AvgIpc) is 2.69. The molecule has 0 aromatic heterocycles. The molecule has 0 radical (unpaired) electrons. The molecule has 1 rings (SSSR count). The van der Waals surface area contributed by atoms with Crippen LogP contribution in [0.25, 0.3) is 0 Å². The SMILES string of the molecule is CCC(C)NC(=NCC(=O)N(C)C)N1CCC(CCCN(C)CCOC)CC1. The van der Waals surface area contributed by atoms with Crippen molar-refractivity contribution in [1.82, 2.24) is 20.0 Å². The lowest BCUT2D eigenvalue weighted by Gasteiger charge is -2.35. The smallest absolute Gasteiger partial charge is 0.243 e. The molecule has 1 atom stereocenters. The second-order valence-electron chi connectivity index (χ2n) is 8.25. The number of hydrogen-bond donors (Lipinski definition) is 1. The summed E-state index contributed by atoms with van der Waals surface area (Å²) in [5.41, 5.74) is 0. The van der Waals surface area contributed by atoms with Gasteiger partial charge in [-0.2, -0.15) is 0 Å². The predicted molar refractivity (Wildman–Crippen MR) is 117 cm³/mol. The van der Waals surface area contributed by atoms with Crippen molar-refractivity contribution in [1.29, 1.82) is 0 Å². The maximum Gasteiger partial charge on any atom is 0.243 e. The lowest BCUT2D eigenvalue weighted by molar-refractivity contribution is -0.127. The predicted octanol–water partition coefficient (Wildman–Crippen LogP) is 1.89. The van der Waals surface area contributed by atoms with E-state index in [1.807, 2.05) is 0 Å². The van der Waals surface area contributed by atoms with Gasteiger partial charge in [-0.25, -0.2) is 4.99 Å². The molecule has 28 heavy (non-hydrogen) atoms. The summed E-state index contributed by atoms with van der Waals surface area (Å²) in [4.78, 5) is 22.8. The first-order chi connectivity index (χ1) is 13.4. The maximum absolute atomic E-state index is 11.9. The number of hydrogen-bond acceptors (Lipinski definition) is 4. The molecule has 0 aliphatic carbocycles. The molecule has 0 saturated carbocycles. The summed E-state index contributed by atoms with van der Waals surface area (Å²) in [7, 11) is 7.47. The van der Waals surface area contributed by atoms with Crippen LogP contribution in [0.15, 0.2) is 4.99 Å². The van der Waals surface area contributed by atoms with Crippen molar-refractivity contribution in [2.45, 2.75) is 52.0 Å². The fourth-order valence-electron chi connectivity index (χ4n) is 3.29. The maximum atomic E-state index is 11.9. The number of carbonyl (C=O) groups excluding carboxylic acids is 1. The highest BCUT2D eigenvalue weighted by Gasteiger charge is 2.22. The van der Waals surface area contributed by atoms with Crippen LogP contribution in [0.3, 0.4) is 0 Å². The largest absolute Gasteiger partial charge is 0.383 e. The summed E-state index contributed by atoms with van der Waals surface area (Å²) in [5.74, 6) is 1.72. The Bertz CT molecular complexity index is 462. The molecule has 1 saturated heterocycles. The van der Waals surface area contributed by atoms with Crippen molar-refractivity contribution in [3.8, 4) is 0 Å². The zero-order chi connectivity index (χ0) is 20.9. The van der Waals surface area contributed by atoms with Gasteiger partial charge in [-0.15, -0.1) is 0 Å². The highest BCUT2D eigenvalue weighted by atomic mass is 16.5. The lowest BCUT2D eigenvalue weighted by Crippen LogP contribution is -2.48. The molecule has 1 unspecified atom stereocenters. The van der Waals surface area contributed by atoms with Crippen LogP contribution in [-0.4, -0.2) is 100 Å². The molecule has 7 heteroatoms. The first-order valence-electron chi connectivity index (χ1n) is 10.8. The number of ether oxygens (including phenoxy) is 1. The Balaban J connectivity index is 2.46. The van der Waals surface area contributed by atoms with E-state index in [2.05, 4.69) is 41.0 Å². The van der Waals surface area contributed by atoms with Gasteiger partial charge in [-0.05, 0) is 58.5 Å². The molecule has 1 fully saturated rings. The normalized spacial score (nSPS) is 17.1. The number of nitrogens with one attached hydrogen (secondary N) is 1. The molecular formula is C21H43N5O2. The van der Waals surface area contributed by atoms with Crippen molar-refractivity contribution < 1.29 is 9.53 Å². The Labute approximate surface area is 172 Å². The molecule has 1 heterocycles. The van der Waals surface area contributed by atoms with Crippen LogP contribution in [0.4, 0.5) is 0 Å². The zero-order valence-corrected chi connectivity index (χ0v) is 19.0. The molecule has 1 amide bonds. The van der Waals surface area contributed by atoms with Crippen LogP contribution < -0.4 is 5.32 Å². The summed E-state index contributed by atoms with van der Waals surface area (Å²) in [6, 6.07) is 0.355. The lowest BCUT2D eigenvalue weighted by atomic mass is 9.92. The monoisotopic (exact) mass is 397 g/mol. The van der Waals surface area contributed by atoms with Crippen molar-refractivity contribution in [3.63, 3.8) is 0 Å². The summed E-state index contributed by atoms with van der Waals surface area (Å²) in [5, 5.41) is 3.51. The highest BCUT2D eigenvalue weighted by Crippen LogP contribution is 2.22. The fraction of sp³-hybridized carbons (Fsp3) is 0.905. The van der Waals surface area contributed by atoms with Crippen LogP contribution in [0.2, 0.25) is 0 Å². The van der Waals surface area contributed by atoms with Gasteiger partial charge >= 0.3 is 0 Å². The molecule has 1 aliphatic heterocycles. The van der Waals surface area contributed by atoms with Crippen molar-refractivity contribution in [2.24, 2.45) is 10.9 Å². The third kappa shape index (κ3) is 9.73. The number of methoxy groups -OCH3 is 1. The van der Waals surface area contributed by atoms with Crippen LogP contribution >= 0.6 is 0 Å². The number of piperidine rings is 1. The number of likely N-dealkylation sites (N-methyl/N-ethyl adjacent to an activating group) is 2. The minimum absolute atomic E-state index is 0.0379. The number of amides is 1. The summed E-state index contributed by atoms with van der Waals surface area (Å²) < 4.78 is 5.14. The van der Waals surface area contributed by atoms with Gasteiger partial charge in [0.25, 0.3) is 0 Å². The Hall–Kier alpha value is -1.34. The Morgan fingerprint density at radius 3 is 2.50 bits per heavy atom. The number of guanidine groups is 1. The number of rotatable bonds is 11. The van der Waals surface area contributed by atoms with Gasteiger partial charge in [0.2, 0.25) is 5.91 Å². The Morgan fingerprint density at radius 2 is 1.93 bits per heavy atom. The molecule has 0 aromatic carbocycles. The number of carbonyl (C=O) groups is 1. The van der Waals surface area contributed by atoms with Crippen LogP contribution in [0.5, 0.6) is 0 Å². The molecule has 164 valence electrons. The average molecular weight is 398 g/mol.